The molecule has 0 bridgehead atoms. The van der Waals surface area contributed by atoms with Crippen LogP contribution in [-0.2, 0) is 4.79 Å². The van der Waals surface area contributed by atoms with Crippen LogP contribution in [0.25, 0.3) is 10.9 Å². The first-order valence-corrected chi connectivity index (χ1v) is 7.59. The van der Waals surface area contributed by atoms with E-state index in [2.05, 4.69) is 22.9 Å². The second kappa shape index (κ2) is 5.26. The highest BCUT2D eigenvalue weighted by Gasteiger charge is 2.42. The van der Waals surface area contributed by atoms with E-state index in [0.717, 1.165) is 29.5 Å². The maximum Gasteiger partial charge on any atom is 0.225 e. The van der Waals surface area contributed by atoms with Gasteiger partial charge in [-0.3, -0.25) is 9.78 Å². The Labute approximate surface area is 128 Å². The van der Waals surface area contributed by atoms with Crippen molar-refractivity contribution in [3.63, 3.8) is 0 Å². The summed E-state index contributed by atoms with van der Waals surface area (Å²) in [7, 11) is 0. The van der Waals surface area contributed by atoms with Gasteiger partial charge in [-0.25, -0.2) is 0 Å². The Bertz CT molecular complexity index is 670. The van der Waals surface area contributed by atoms with E-state index in [1.54, 1.807) is 18.3 Å². The molecule has 1 fully saturated rings. The van der Waals surface area contributed by atoms with Crippen LogP contribution in [0.2, 0.25) is 5.02 Å². The molecule has 1 aromatic carbocycles. The number of nitrogens with zero attached hydrogens (tertiary/aromatic N) is 1. The third kappa shape index (κ3) is 2.63. The molecule has 0 radical (unpaired) electrons. The number of nitrogens with one attached hydrogen (secondary N) is 1. The maximum atomic E-state index is 12.1. The van der Waals surface area contributed by atoms with Crippen molar-refractivity contribution in [3.05, 3.63) is 35.5 Å². The fraction of sp³-hybridized carbons (Fsp3) is 0.333. The van der Waals surface area contributed by atoms with E-state index in [0.29, 0.717) is 17.1 Å². The van der Waals surface area contributed by atoms with E-state index in [4.69, 9.17) is 11.6 Å². The summed E-state index contributed by atoms with van der Waals surface area (Å²) in [5.74, 6) is 0.783. The normalized spacial score (nSPS) is 16.1. The number of rotatable bonds is 4. The van der Waals surface area contributed by atoms with Crippen molar-refractivity contribution < 1.29 is 4.79 Å². The van der Waals surface area contributed by atoms with Gasteiger partial charge in [0.2, 0.25) is 5.91 Å². The molecule has 0 aliphatic heterocycles. The first-order valence-electron chi connectivity index (χ1n) is 6.57. The fourth-order valence-corrected chi connectivity index (χ4v) is 2.98. The Hall–Kier alpha value is -1.26. The molecular weight excluding hydrogens is 292 g/mol. The topological polar surface area (TPSA) is 42.0 Å². The van der Waals surface area contributed by atoms with Crippen molar-refractivity contribution in [2.75, 3.05) is 11.1 Å². The van der Waals surface area contributed by atoms with E-state index in [1.165, 1.54) is 0 Å². The lowest BCUT2D eigenvalue weighted by Gasteiger charge is -2.13. The molecule has 1 aliphatic carbocycles. The number of hydrogen-bond acceptors (Lipinski definition) is 3. The van der Waals surface area contributed by atoms with Gasteiger partial charge in [-0.05, 0) is 48.3 Å². The molecular formula is C15H15ClN2OS. The average Bonchev–Trinajstić information content (AvgIpc) is 3.22. The van der Waals surface area contributed by atoms with Crippen LogP contribution in [0.1, 0.15) is 19.3 Å². The van der Waals surface area contributed by atoms with Gasteiger partial charge < -0.3 is 5.32 Å². The molecule has 2 aromatic rings. The van der Waals surface area contributed by atoms with Crippen LogP contribution >= 0.6 is 24.2 Å². The molecule has 1 amide bonds. The van der Waals surface area contributed by atoms with Crippen LogP contribution in [0.15, 0.2) is 30.5 Å². The third-order valence-electron chi connectivity index (χ3n) is 3.82. The number of carbonyl (C=O) groups excluding carboxylic acids is 1. The number of halogens is 1. The van der Waals surface area contributed by atoms with Crippen LogP contribution in [-0.4, -0.2) is 16.6 Å². The summed E-state index contributed by atoms with van der Waals surface area (Å²) in [6.45, 7) is 0. The number of amides is 1. The number of benzene rings is 1. The van der Waals surface area contributed by atoms with Crippen LogP contribution in [0, 0.1) is 5.41 Å². The Morgan fingerprint density at radius 3 is 2.90 bits per heavy atom. The van der Waals surface area contributed by atoms with Crippen LogP contribution in [0.3, 0.4) is 0 Å². The number of thiol groups is 1. The number of anilines is 1. The number of fused-ring (bicyclic) bond motifs is 1. The number of aromatic nitrogens is 1. The van der Waals surface area contributed by atoms with E-state index in [-0.39, 0.29) is 11.3 Å². The average molecular weight is 307 g/mol. The summed E-state index contributed by atoms with van der Waals surface area (Å²) in [6, 6.07) is 7.32. The van der Waals surface area contributed by atoms with Gasteiger partial charge in [0, 0.05) is 18.0 Å². The molecule has 1 heterocycles. The molecule has 1 aromatic heterocycles. The highest BCUT2D eigenvalue weighted by molar-refractivity contribution is 7.80. The largest absolute Gasteiger partial charge is 0.324 e. The minimum atomic E-state index is 0.0193. The van der Waals surface area contributed by atoms with Crippen LogP contribution in [0.5, 0.6) is 0 Å². The fourth-order valence-electron chi connectivity index (χ4n) is 2.34. The molecule has 20 heavy (non-hydrogen) atoms. The van der Waals surface area contributed by atoms with Gasteiger partial charge in [-0.1, -0.05) is 11.6 Å². The van der Waals surface area contributed by atoms with Gasteiger partial charge in [0.15, 0.2) is 0 Å². The SMILES string of the molecule is O=C(CC1(CS)CC1)Nc1ccc(Cl)c2cccnc12. The minimum absolute atomic E-state index is 0.0193. The molecule has 0 unspecified atom stereocenters. The minimum Gasteiger partial charge on any atom is -0.324 e. The van der Waals surface area contributed by atoms with E-state index in [1.807, 2.05) is 12.1 Å². The molecule has 0 spiro atoms. The number of carbonyl (C=O) groups is 1. The molecule has 0 atom stereocenters. The van der Waals surface area contributed by atoms with Gasteiger partial charge in [0.1, 0.15) is 0 Å². The van der Waals surface area contributed by atoms with Gasteiger partial charge in [0.25, 0.3) is 0 Å². The molecule has 104 valence electrons. The zero-order chi connectivity index (χ0) is 14.2. The maximum absolute atomic E-state index is 12.1. The first kappa shape index (κ1) is 13.7. The summed E-state index contributed by atoms with van der Waals surface area (Å²) >= 11 is 10.5. The Morgan fingerprint density at radius 2 is 2.20 bits per heavy atom. The lowest BCUT2D eigenvalue weighted by Crippen LogP contribution is -2.18. The van der Waals surface area contributed by atoms with Crippen molar-refractivity contribution in [3.8, 4) is 0 Å². The third-order valence-corrected chi connectivity index (χ3v) is 4.82. The highest BCUT2D eigenvalue weighted by atomic mass is 35.5. The molecule has 0 saturated heterocycles. The van der Waals surface area contributed by atoms with Crippen LogP contribution in [0.4, 0.5) is 5.69 Å². The molecule has 1 aliphatic rings. The number of pyridine rings is 1. The molecule has 1 saturated carbocycles. The summed E-state index contributed by atoms with van der Waals surface area (Å²) in [6.07, 6.45) is 4.39. The van der Waals surface area contributed by atoms with Gasteiger partial charge >= 0.3 is 0 Å². The van der Waals surface area contributed by atoms with Crippen molar-refractivity contribution in [1.29, 1.82) is 0 Å². The monoisotopic (exact) mass is 306 g/mol. The van der Waals surface area contributed by atoms with Crippen LogP contribution < -0.4 is 5.32 Å². The van der Waals surface area contributed by atoms with Crippen molar-refractivity contribution in [1.82, 2.24) is 4.98 Å². The second-order valence-corrected chi connectivity index (χ2v) is 6.10. The van der Waals surface area contributed by atoms with Crippen molar-refractivity contribution in [2.45, 2.75) is 19.3 Å². The summed E-state index contributed by atoms with van der Waals surface area (Å²) in [5.41, 5.74) is 1.55. The summed E-state index contributed by atoms with van der Waals surface area (Å²) in [5, 5.41) is 4.44. The zero-order valence-corrected chi connectivity index (χ0v) is 12.5. The Balaban J connectivity index is 1.84. The molecule has 3 rings (SSSR count). The van der Waals surface area contributed by atoms with Gasteiger partial charge in [-0.2, -0.15) is 12.6 Å². The highest BCUT2D eigenvalue weighted by Crippen LogP contribution is 2.49. The lowest BCUT2D eigenvalue weighted by molar-refractivity contribution is -0.117. The predicted molar refractivity (Wildman–Crippen MR) is 85.5 cm³/mol. The molecule has 3 nitrogen and oxygen atoms in total. The van der Waals surface area contributed by atoms with Gasteiger partial charge in [-0.15, -0.1) is 0 Å². The Morgan fingerprint density at radius 1 is 1.40 bits per heavy atom. The van der Waals surface area contributed by atoms with Crippen molar-refractivity contribution >= 4 is 46.7 Å². The standard InChI is InChI=1S/C15H15ClN2OS/c16-11-3-4-12(14-10(11)2-1-7-17-14)18-13(19)8-15(9-20)5-6-15/h1-4,7,20H,5-6,8-9H2,(H,18,19). The predicted octanol–water partition coefficient (Wildman–Crippen LogP) is 3.93. The van der Waals surface area contributed by atoms with E-state index >= 15 is 0 Å². The second-order valence-electron chi connectivity index (χ2n) is 5.38. The number of hydrogen-bond donors (Lipinski definition) is 2. The van der Waals surface area contributed by atoms with Crippen molar-refractivity contribution in [2.24, 2.45) is 5.41 Å². The lowest BCUT2D eigenvalue weighted by atomic mass is 10.0. The summed E-state index contributed by atoms with van der Waals surface area (Å²) < 4.78 is 0. The quantitative estimate of drug-likeness (QED) is 0.841. The van der Waals surface area contributed by atoms with E-state index < -0.39 is 0 Å². The van der Waals surface area contributed by atoms with E-state index in [9.17, 15) is 4.79 Å². The molecule has 1 N–H and O–H groups in total. The molecule has 5 heteroatoms. The first-order chi connectivity index (χ1) is 9.63. The summed E-state index contributed by atoms with van der Waals surface area (Å²) in [4.78, 5) is 16.5. The zero-order valence-electron chi connectivity index (χ0n) is 10.9. The Kier molecular flexibility index (Phi) is 3.61. The smallest absolute Gasteiger partial charge is 0.225 e. The van der Waals surface area contributed by atoms with Gasteiger partial charge in [0.05, 0.1) is 16.2 Å².